The van der Waals surface area contributed by atoms with Gasteiger partial charge in [-0.1, -0.05) is 11.8 Å². The van der Waals surface area contributed by atoms with E-state index in [-0.39, 0.29) is 6.61 Å². The number of thioether (sulfide) groups is 1. The van der Waals surface area contributed by atoms with Crippen LogP contribution in [0.25, 0.3) is 17.1 Å². The van der Waals surface area contributed by atoms with Crippen molar-refractivity contribution in [3.8, 4) is 40.1 Å². The predicted molar refractivity (Wildman–Crippen MR) is 120 cm³/mol. The quantitative estimate of drug-likeness (QED) is 0.352. The Hall–Kier alpha value is -2.91. The monoisotopic (exact) mass is 445 g/mol. The van der Waals surface area contributed by atoms with Gasteiger partial charge in [0.1, 0.15) is 5.75 Å². The Morgan fingerprint density at radius 3 is 2.19 bits per heavy atom. The van der Waals surface area contributed by atoms with Crippen LogP contribution in [0.15, 0.2) is 41.6 Å². The average Bonchev–Trinajstić information content (AvgIpc) is 3.22. The van der Waals surface area contributed by atoms with E-state index in [1.807, 2.05) is 47.9 Å². The zero-order valence-corrected chi connectivity index (χ0v) is 18.9. The molecule has 0 aliphatic carbocycles. The van der Waals surface area contributed by atoms with Crippen LogP contribution in [0, 0.1) is 0 Å². The van der Waals surface area contributed by atoms with E-state index in [4.69, 9.17) is 24.1 Å². The van der Waals surface area contributed by atoms with Crippen molar-refractivity contribution in [2.45, 2.75) is 18.5 Å². The van der Waals surface area contributed by atoms with E-state index in [0.29, 0.717) is 36.1 Å². The van der Waals surface area contributed by atoms with Gasteiger partial charge in [0.25, 0.3) is 0 Å². The highest BCUT2D eigenvalue weighted by molar-refractivity contribution is 7.99. The van der Waals surface area contributed by atoms with Gasteiger partial charge in [-0.2, -0.15) is 0 Å². The summed E-state index contributed by atoms with van der Waals surface area (Å²) in [5.74, 6) is 3.73. The van der Waals surface area contributed by atoms with Crippen LogP contribution < -0.4 is 18.9 Å². The number of aromatic nitrogens is 3. The molecule has 0 aliphatic rings. The molecule has 3 aromatic rings. The molecule has 0 spiro atoms. The largest absolute Gasteiger partial charge is 0.494 e. The molecular formula is C22H27N3O5S. The van der Waals surface area contributed by atoms with E-state index in [2.05, 4.69) is 10.2 Å². The van der Waals surface area contributed by atoms with Crippen molar-refractivity contribution < 1.29 is 24.1 Å². The summed E-state index contributed by atoms with van der Waals surface area (Å²) in [6.45, 7) is 2.68. The average molecular weight is 446 g/mol. The summed E-state index contributed by atoms with van der Waals surface area (Å²) in [6, 6.07) is 11.5. The third kappa shape index (κ3) is 5.05. The molecule has 1 N–H and O–H groups in total. The maximum atomic E-state index is 9.15. The molecule has 166 valence electrons. The Bertz CT molecular complexity index is 966. The number of hydrogen-bond donors (Lipinski definition) is 1. The van der Waals surface area contributed by atoms with E-state index in [1.54, 1.807) is 21.3 Å². The lowest BCUT2D eigenvalue weighted by Crippen LogP contribution is -2.02. The van der Waals surface area contributed by atoms with E-state index >= 15 is 0 Å². The zero-order valence-electron chi connectivity index (χ0n) is 18.1. The number of aliphatic hydroxyl groups excluding tert-OH is 1. The molecule has 1 heterocycles. The summed E-state index contributed by atoms with van der Waals surface area (Å²) in [4.78, 5) is 0. The van der Waals surface area contributed by atoms with Gasteiger partial charge in [-0.3, -0.25) is 4.57 Å². The van der Waals surface area contributed by atoms with Crippen LogP contribution in [0.1, 0.15) is 13.3 Å². The van der Waals surface area contributed by atoms with Crippen LogP contribution in [-0.2, 0) is 0 Å². The smallest absolute Gasteiger partial charge is 0.203 e. The highest BCUT2D eigenvalue weighted by Gasteiger charge is 2.20. The molecule has 0 amide bonds. The summed E-state index contributed by atoms with van der Waals surface area (Å²) in [7, 11) is 4.72. The van der Waals surface area contributed by atoms with Gasteiger partial charge in [0, 0.05) is 23.6 Å². The maximum Gasteiger partial charge on any atom is 0.203 e. The fraction of sp³-hybridized carbons (Fsp3) is 0.364. The molecule has 0 atom stereocenters. The number of methoxy groups -OCH3 is 3. The summed E-state index contributed by atoms with van der Waals surface area (Å²) in [6.07, 6.45) is 0.667. The molecule has 0 unspecified atom stereocenters. The van der Waals surface area contributed by atoms with E-state index in [9.17, 15) is 0 Å². The number of nitrogens with zero attached hydrogens (tertiary/aromatic N) is 3. The Balaban J connectivity index is 2.12. The molecule has 0 saturated carbocycles. The third-order valence-electron chi connectivity index (χ3n) is 4.50. The van der Waals surface area contributed by atoms with Crippen molar-refractivity contribution in [1.29, 1.82) is 0 Å². The van der Waals surface area contributed by atoms with Crippen LogP contribution in [0.5, 0.6) is 23.0 Å². The highest BCUT2D eigenvalue weighted by Crippen LogP contribution is 2.41. The van der Waals surface area contributed by atoms with Gasteiger partial charge in [-0.15, -0.1) is 10.2 Å². The van der Waals surface area contributed by atoms with Gasteiger partial charge in [-0.25, -0.2) is 0 Å². The lowest BCUT2D eigenvalue weighted by atomic mass is 10.1. The van der Waals surface area contributed by atoms with Gasteiger partial charge in [0.05, 0.1) is 27.9 Å². The predicted octanol–water partition coefficient (Wildman–Crippen LogP) is 3.83. The van der Waals surface area contributed by atoms with E-state index in [1.165, 1.54) is 11.8 Å². The molecular weight excluding hydrogens is 418 g/mol. The van der Waals surface area contributed by atoms with Gasteiger partial charge < -0.3 is 24.1 Å². The zero-order chi connectivity index (χ0) is 22.2. The minimum atomic E-state index is 0.129. The summed E-state index contributed by atoms with van der Waals surface area (Å²) < 4.78 is 24.0. The summed E-state index contributed by atoms with van der Waals surface area (Å²) in [5, 5.41) is 18.7. The summed E-state index contributed by atoms with van der Waals surface area (Å²) in [5.41, 5.74) is 1.66. The molecule has 0 radical (unpaired) electrons. The van der Waals surface area contributed by atoms with Crippen molar-refractivity contribution in [1.82, 2.24) is 14.8 Å². The first-order chi connectivity index (χ1) is 15.2. The number of hydrogen-bond acceptors (Lipinski definition) is 8. The molecule has 8 nitrogen and oxygen atoms in total. The molecule has 0 aliphatic heterocycles. The van der Waals surface area contributed by atoms with Crippen molar-refractivity contribution in [3.63, 3.8) is 0 Å². The Morgan fingerprint density at radius 1 is 0.968 bits per heavy atom. The van der Waals surface area contributed by atoms with Crippen LogP contribution >= 0.6 is 11.8 Å². The van der Waals surface area contributed by atoms with Crippen molar-refractivity contribution in [3.05, 3.63) is 36.4 Å². The topological polar surface area (TPSA) is 87.9 Å². The van der Waals surface area contributed by atoms with Gasteiger partial charge in [-0.05, 0) is 49.7 Å². The Labute approximate surface area is 186 Å². The SMILES string of the molecule is CCOc1ccc(-n2c(SCCCO)nnc2-c2cc(OC)c(OC)c(OC)c2)cc1. The number of ether oxygens (including phenoxy) is 4. The molecule has 1 aromatic heterocycles. The van der Waals surface area contributed by atoms with Crippen LogP contribution in [0.4, 0.5) is 0 Å². The van der Waals surface area contributed by atoms with E-state index < -0.39 is 0 Å². The standard InChI is InChI=1S/C22H27N3O5S/c1-5-30-17-9-7-16(8-10-17)25-21(23-24-22(25)31-12-6-11-26)15-13-18(27-2)20(29-4)19(14-15)28-3/h7-10,13-14,26H,5-6,11-12H2,1-4H3. The third-order valence-corrected chi connectivity index (χ3v) is 5.51. The van der Waals surface area contributed by atoms with Crippen LogP contribution in [-0.4, -0.2) is 60.2 Å². The molecule has 3 rings (SSSR count). The van der Waals surface area contributed by atoms with Crippen molar-refractivity contribution in [2.24, 2.45) is 0 Å². The number of rotatable bonds is 11. The second kappa shape index (κ2) is 10.9. The minimum absolute atomic E-state index is 0.129. The highest BCUT2D eigenvalue weighted by atomic mass is 32.2. The fourth-order valence-electron chi connectivity index (χ4n) is 3.08. The normalized spacial score (nSPS) is 10.7. The van der Waals surface area contributed by atoms with Crippen LogP contribution in [0.2, 0.25) is 0 Å². The lowest BCUT2D eigenvalue weighted by molar-refractivity contribution is 0.296. The number of aliphatic hydroxyl groups is 1. The van der Waals surface area contributed by atoms with Gasteiger partial charge in [0.15, 0.2) is 22.5 Å². The summed E-state index contributed by atoms with van der Waals surface area (Å²) >= 11 is 1.53. The van der Waals surface area contributed by atoms with Gasteiger partial charge in [0.2, 0.25) is 5.75 Å². The Morgan fingerprint density at radius 2 is 1.65 bits per heavy atom. The first-order valence-corrected chi connectivity index (χ1v) is 10.9. The second-order valence-corrected chi connectivity index (χ2v) is 7.47. The molecule has 0 saturated heterocycles. The first kappa shape index (κ1) is 22.8. The fourth-order valence-corrected chi connectivity index (χ4v) is 3.95. The molecule has 9 heteroatoms. The second-order valence-electron chi connectivity index (χ2n) is 6.41. The minimum Gasteiger partial charge on any atom is -0.494 e. The molecule has 0 bridgehead atoms. The lowest BCUT2D eigenvalue weighted by Gasteiger charge is -2.15. The molecule has 2 aromatic carbocycles. The number of benzene rings is 2. The molecule has 31 heavy (non-hydrogen) atoms. The molecule has 0 fully saturated rings. The van der Waals surface area contributed by atoms with E-state index in [0.717, 1.165) is 27.9 Å². The van der Waals surface area contributed by atoms with Gasteiger partial charge >= 0.3 is 0 Å². The van der Waals surface area contributed by atoms with Crippen molar-refractivity contribution >= 4 is 11.8 Å². The van der Waals surface area contributed by atoms with Crippen LogP contribution in [0.3, 0.4) is 0 Å². The van der Waals surface area contributed by atoms with Crippen molar-refractivity contribution in [2.75, 3.05) is 40.3 Å². The Kier molecular flexibility index (Phi) is 8.02. The maximum absolute atomic E-state index is 9.15. The first-order valence-electron chi connectivity index (χ1n) is 9.89.